The van der Waals surface area contributed by atoms with Crippen molar-refractivity contribution >= 4 is 45.9 Å². The van der Waals surface area contributed by atoms with Crippen LogP contribution in [0.5, 0.6) is 23.0 Å². The molecule has 9 atom stereocenters. The number of allylic oxidation sites excluding steroid dienone is 2. The third-order valence-corrected chi connectivity index (χ3v) is 10.6. The molecule has 0 aromatic heterocycles. The fourth-order valence-corrected chi connectivity index (χ4v) is 7.43. The summed E-state index contributed by atoms with van der Waals surface area (Å²) < 4.78 is 23.3. The number of aliphatic hydroxyl groups excluding tert-OH is 2. The lowest BCUT2D eigenvalue weighted by Crippen LogP contribution is -2.46. The second kappa shape index (κ2) is 15.6. The minimum absolute atomic E-state index is 0.0252. The van der Waals surface area contributed by atoms with Crippen LogP contribution >= 0.6 is 11.8 Å². The molecule has 51 heavy (non-hydrogen) atoms. The van der Waals surface area contributed by atoms with Crippen molar-refractivity contribution in [2.75, 3.05) is 18.7 Å². The van der Waals surface area contributed by atoms with Crippen molar-refractivity contribution in [3.8, 4) is 23.0 Å². The van der Waals surface area contributed by atoms with Gasteiger partial charge in [0.25, 0.3) is 5.78 Å². The fourth-order valence-electron chi connectivity index (χ4n) is 6.78. The molecule has 2 aromatic carbocycles. The van der Waals surface area contributed by atoms with E-state index in [1.807, 2.05) is 0 Å². The summed E-state index contributed by atoms with van der Waals surface area (Å²) in [4.78, 5) is 39.3. The second-order valence-corrected chi connectivity index (χ2v) is 14.1. The van der Waals surface area contributed by atoms with E-state index in [0.717, 1.165) is 17.8 Å². The molecule has 0 unspecified atom stereocenters. The van der Waals surface area contributed by atoms with Crippen LogP contribution in [0.3, 0.4) is 0 Å². The number of ketones is 1. The summed E-state index contributed by atoms with van der Waals surface area (Å²) in [5.74, 6) is -7.99. The van der Waals surface area contributed by atoms with E-state index in [4.69, 9.17) is 18.9 Å². The Balaban J connectivity index is 1.90. The molecule has 5 rings (SSSR count). The highest BCUT2D eigenvalue weighted by Crippen LogP contribution is 2.56. The molecule has 14 heteroatoms. The SMILES string of the molecule is CO[C@H]1/C=C/O[C@@]2(C)Oc3c(C)c(O)c4c(O)c(c(SC)c(O)c4c3C2=O)NC(=O)/C=C\C=C\[C@@H](C)[C@@H](O)[C@@H](C)[C@H](O)[C@H](C)[C@@H](OC(C)=O)[C@H]1C. The molecule has 1 amide bonds. The Morgan fingerprint density at radius 2 is 1.61 bits per heavy atom. The van der Waals surface area contributed by atoms with Gasteiger partial charge >= 0.3 is 11.8 Å². The van der Waals surface area contributed by atoms with Gasteiger partial charge in [-0.15, -0.1) is 11.8 Å². The van der Waals surface area contributed by atoms with Crippen LogP contribution in [0.25, 0.3) is 10.8 Å². The van der Waals surface area contributed by atoms with Crippen molar-refractivity contribution in [1.82, 2.24) is 0 Å². The fraction of sp³-hybridized carbons (Fsp3) is 0.486. The number of aliphatic hydroxyl groups is 2. The quantitative estimate of drug-likeness (QED) is 0.106. The van der Waals surface area contributed by atoms with Crippen molar-refractivity contribution in [3.05, 3.63) is 47.8 Å². The maximum atomic E-state index is 14.1. The number of carbonyl (C=O) groups excluding carboxylic acids is 3. The normalized spacial score (nSPS) is 32.2. The highest BCUT2D eigenvalue weighted by molar-refractivity contribution is 7.98. The second-order valence-electron chi connectivity index (χ2n) is 13.3. The van der Waals surface area contributed by atoms with E-state index >= 15 is 0 Å². The number of esters is 1. The van der Waals surface area contributed by atoms with Gasteiger partial charge in [-0.05, 0) is 19.3 Å². The van der Waals surface area contributed by atoms with Gasteiger partial charge in [0.05, 0.1) is 40.4 Å². The molecule has 278 valence electrons. The summed E-state index contributed by atoms with van der Waals surface area (Å²) in [5.41, 5.74) is -0.250. The lowest BCUT2D eigenvalue weighted by Gasteiger charge is -2.38. The number of hydrogen-bond acceptors (Lipinski definition) is 13. The lowest BCUT2D eigenvalue weighted by atomic mass is 9.78. The minimum atomic E-state index is -1.99. The summed E-state index contributed by atoms with van der Waals surface area (Å²) >= 11 is 0.989. The Labute approximate surface area is 300 Å². The Hall–Kier alpha value is -4.24. The molecular weight excluding hydrogens is 682 g/mol. The maximum Gasteiger partial charge on any atom is 0.312 e. The molecule has 5 bridgehead atoms. The van der Waals surface area contributed by atoms with E-state index < -0.39 is 88.8 Å². The predicted octanol–water partition coefficient (Wildman–Crippen LogP) is 5.09. The molecule has 0 saturated carbocycles. The number of carbonyl (C=O) groups is 3. The molecule has 13 nitrogen and oxygen atoms in total. The Kier molecular flexibility index (Phi) is 12.1. The monoisotopic (exact) mass is 729 g/mol. The first-order valence-electron chi connectivity index (χ1n) is 16.5. The summed E-state index contributed by atoms with van der Waals surface area (Å²) in [6, 6.07) is 0. The number of anilines is 1. The average Bonchev–Trinajstić information content (AvgIpc) is 3.35. The first kappa shape index (κ1) is 39.5. The number of amides is 1. The van der Waals surface area contributed by atoms with Gasteiger partial charge in [-0.2, -0.15) is 0 Å². The third-order valence-electron chi connectivity index (χ3n) is 9.82. The number of methoxy groups -OCH3 is 1. The smallest absolute Gasteiger partial charge is 0.312 e. The van der Waals surface area contributed by atoms with Gasteiger partial charge < -0.3 is 49.8 Å². The van der Waals surface area contributed by atoms with Crippen molar-refractivity contribution in [2.45, 2.75) is 83.6 Å². The Morgan fingerprint density at radius 3 is 2.22 bits per heavy atom. The van der Waals surface area contributed by atoms with Crippen LogP contribution in [0, 0.1) is 30.6 Å². The Morgan fingerprint density at radius 1 is 0.941 bits per heavy atom. The average molecular weight is 730 g/mol. The zero-order valence-electron chi connectivity index (χ0n) is 30.1. The van der Waals surface area contributed by atoms with Crippen LogP contribution < -0.4 is 10.1 Å². The topological polar surface area (TPSA) is 201 Å². The van der Waals surface area contributed by atoms with Crippen LogP contribution in [0.2, 0.25) is 0 Å². The van der Waals surface area contributed by atoms with Gasteiger partial charge in [0.1, 0.15) is 29.0 Å². The van der Waals surface area contributed by atoms with Gasteiger partial charge in [-0.3, -0.25) is 14.4 Å². The number of aromatic hydroxyl groups is 3. The number of fused-ring (bicyclic) bond motifs is 14. The van der Waals surface area contributed by atoms with Gasteiger partial charge in [0.2, 0.25) is 5.91 Å². The van der Waals surface area contributed by atoms with E-state index in [1.54, 1.807) is 46.1 Å². The van der Waals surface area contributed by atoms with Crippen molar-refractivity contribution < 1.29 is 58.9 Å². The third kappa shape index (κ3) is 7.41. The molecular formula is C37H47NO12S. The zero-order valence-corrected chi connectivity index (χ0v) is 30.9. The van der Waals surface area contributed by atoms with Crippen molar-refractivity contribution in [1.29, 1.82) is 0 Å². The number of Topliss-reactive ketones (excluding diaryl/α,β-unsaturated/α-hetero) is 1. The molecule has 3 aliphatic heterocycles. The van der Waals surface area contributed by atoms with Crippen molar-refractivity contribution in [2.24, 2.45) is 23.7 Å². The number of benzene rings is 2. The van der Waals surface area contributed by atoms with Gasteiger partial charge in [0.15, 0.2) is 5.75 Å². The van der Waals surface area contributed by atoms with Gasteiger partial charge in [-0.1, -0.05) is 45.9 Å². The molecule has 2 aromatic rings. The number of nitrogens with one attached hydrogen (secondary N) is 1. The number of phenols is 3. The highest BCUT2D eigenvalue weighted by Gasteiger charge is 2.50. The Bertz CT molecular complexity index is 1790. The standard InChI is InChI=1S/C37H47NO12S/c1-16-12-10-11-13-23(40)38-27-31(44)25-24(32(45)35(27)51-9)26-34(20(5)30(25)43)50-37(7,36(26)46)48-15-14-22(47-8)17(2)33(49-21(6)39)19(4)29(42)18(3)28(16)41/h10-19,22,28-29,33,41-45H,1-9H3,(H,38,40)/b12-10+,13-11-,15-14+/t16-,17+,18-,19+,22+,28-,29+,33+,37+/m1/s1. The van der Waals surface area contributed by atoms with Gasteiger partial charge in [-0.25, -0.2) is 0 Å². The summed E-state index contributed by atoms with van der Waals surface area (Å²) in [7, 11) is 1.43. The summed E-state index contributed by atoms with van der Waals surface area (Å²) in [6.07, 6.45) is 6.27. The molecule has 3 heterocycles. The van der Waals surface area contributed by atoms with E-state index in [1.165, 1.54) is 46.3 Å². The predicted molar refractivity (Wildman–Crippen MR) is 191 cm³/mol. The molecule has 3 aliphatic rings. The first-order chi connectivity index (χ1) is 23.9. The largest absolute Gasteiger partial charge is 0.507 e. The van der Waals surface area contributed by atoms with E-state index in [0.29, 0.717) is 0 Å². The molecule has 0 radical (unpaired) electrons. The van der Waals surface area contributed by atoms with Crippen LogP contribution in [0.15, 0.2) is 41.5 Å². The number of rotatable bonds is 3. The number of phenolic OH excluding ortho intramolecular Hbond substituents is 3. The maximum absolute atomic E-state index is 14.1. The van der Waals surface area contributed by atoms with E-state index in [-0.39, 0.29) is 38.2 Å². The van der Waals surface area contributed by atoms with Crippen molar-refractivity contribution in [3.63, 3.8) is 0 Å². The zero-order chi connectivity index (χ0) is 38.1. The molecule has 0 aliphatic carbocycles. The number of thioether (sulfide) groups is 1. The summed E-state index contributed by atoms with van der Waals surface area (Å²) in [5, 5.41) is 58.9. The number of ether oxygens (including phenoxy) is 4. The molecule has 0 spiro atoms. The summed E-state index contributed by atoms with van der Waals surface area (Å²) in [6.45, 7) is 11.0. The molecule has 0 fully saturated rings. The van der Waals surface area contributed by atoms with E-state index in [2.05, 4.69) is 5.32 Å². The van der Waals surface area contributed by atoms with Crippen LogP contribution in [0.4, 0.5) is 5.69 Å². The van der Waals surface area contributed by atoms with E-state index in [9.17, 15) is 39.9 Å². The number of hydrogen-bond donors (Lipinski definition) is 6. The highest BCUT2D eigenvalue weighted by atomic mass is 32.2. The van der Waals surface area contributed by atoms with Crippen LogP contribution in [0.1, 0.15) is 57.5 Å². The molecule has 0 saturated heterocycles. The minimum Gasteiger partial charge on any atom is -0.507 e. The molecule has 6 N–H and O–H groups in total. The van der Waals surface area contributed by atoms with Gasteiger partial charge in [0, 0.05) is 61.7 Å². The van der Waals surface area contributed by atoms with Crippen LogP contribution in [-0.2, 0) is 23.8 Å². The lowest BCUT2D eigenvalue weighted by molar-refractivity contribution is -0.160. The van der Waals surface area contributed by atoms with Crippen LogP contribution in [-0.4, -0.2) is 86.8 Å². The first-order valence-corrected chi connectivity index (χ1v) is 17.7.